The monoisotopic (exact) mass is 293 g/mol. The molecule has 0 aliphatic heterocycles. The highest BCUT2D eigenvalue weighted by molar-refractivity contribution is 5.88. The molecule has 21 heavy (non-hydrogen) atoms. The molecule has 1 heterocycles. The van der Waals surface area contributed by atoms with Crippen molar-refractivity contribution in [2.75, 3.05) is 14.2 Å². The van der Waals surface area contributed by atoms with Crippen LogP contribution in [0.1, 0.15) is 28.7 Å². The average Bonchev–Trinajstić information content (AvgIpc) is 2.89. The van der Waals surface area contributed by atoms with Gasteiger partial charge in [0.25, 0.3) is 0 Å². The Balaban J connectivity index is 2.38. The molecule has 0 aliphatic carbocycles. The smallest absolute Gasteiger partial charge is 0.360 e. The number of hydrogen-bond donors (Lipinski definition) is 0. The van der Waals surface area contributed by atoms with Gasteiger partial charge < -0.3 is 9.47 Å². The molecule has 0 unspecified atom stereocenters. The molecule has 0 fully saturated rings. The molecule has 2 aromatic rings. The third-order valence-electron chi connectivity index (χ3n) is 3.11. The Labute approximate surface area is 121 Å². The Kier molecular flexibility index (Phi) is 4.52. The molecule has 6 nitrogen and oxygen atoms in total. The van der Waals surface area contributed by atoms with Crippen LogP contribution < -0.4 is 4.74 Å². The highest BCUT2D eigenvalue weighted by Crippen LogP contribution is 2.21. The third-order valence-corrected chi connectivity index (χ3v) is 3.11. The van der Waals surface area contributed by atoms with Crippen molar-refractivity contribution in [1.29, 1.82) is 0 Å². The topological polar surface area (TPSA) is 66.2 Å². The van der Waals surface area contributed by atoms with Crippen molar-refractivity contribution in [2.24, 2.45) is 0 Å². The molecule has 1 aromatic heterocycles. The number of carbonyl (C=O) groups excluding carboxylic acids is 1. The standard InChI is InChI=1S/C14H16FN3O3/c1-4-11-13(14(19)21-3)16-17-18(11)8-9-7-10(15)5-6-12(9)20-2/h5-7H,4,8H2,1-3H3. The first-order chi connectivity index (χ1) is 10.1. The Hall–Kier alpha value is -2.44. The van der Waals surface area contributed by atoms with Crippen LogP contribution in [-0.2, 0) is 17.7 Å². The van der Waals surface area contributed by atoms with E-state index >= 15 is 0 Å². The van der Waals surface area contributed by atoms with E-state index in [1.54, 1.807) is 10.7 Å². The second-order valence-corrected chi connectivity index (χ2v) is 4.34. The van der Waals surface area contributed by atoms with Gasteiger partial charge in [0.1, 0.15) is 11.6 Å². The van der Waals surface area contributed by atoms with E-state index in [4.69, 9.17) is 4.74 Å². The molecular formula is C14H16FN3O3. The van der Waals surface area contributed by atoms with E-state index in [2.05, 4.69) is 15.0 Å². The van der Waals surface area contributed by atoms with Gasteiger partial charge in [0.15, 0.2) is 5.69 Å². The normalized spacial score (nSPS) is 10.5. The molecule has 0 spiro atoms. The minimum absolute atomic E-state index is 0.176. The fourth-order valence-electron chi connectivity index (χ4n) is 2.10. The van der Waals surface area contributed by atoms with Crippen LogP contribution in [0.5, 0.6) is 5.75 Å². The molecule has 1 aromatic carbocycles. The molecule has 0 aliphatic rings. The minimum Gasteiger partial charge on any atom is -0.496 e. The van der Waals surface area contributed by atoms with Crippen molar-refractivity contribution in [3.8, 4) is 5.75 Å². The molecule has 7 heteroatoms. The number of methoxy groups -OCH3 is 2. The number of nitrogens with zero attached hydrogens (tertiary/aromatic N) is 3. The Morgan fingerprint density at radius 3 is 2.76 bits per heavy atom. The zero-order valence-corrected chi connectivity index (χ0v) is 12.1. The van der Waals surface area contributed by atoms with Gasteiger partial charge in [0.2, 0.25) is 0 Å². The predicted molar refractivity (Wildman–Crippen MR) is 72.8 cm³/mol. The van der Waals surface area contributed by atoms with Crippen LogP contribution in [0.3, 0.4) is 0 Å². The molecular weight excluding hydrogens is 277 g/mol. The number of hydrogen-bond acceptors (Lipinski definition) is 5. The van der Waals surface area contributed by atoms with Gasteiger partial charge >= 0.3 is 5.97 Å². The van der Waals surface area contributed by atoms with Crippen LogP contribution in [0, 0.1) is 5.82 Å². The van der Waals surface area contributed by atoms with E-state index in [0.29, 0.717) is 23.4 Å². The van der Waals surface area contributed by atoms with Gasteiger partial charge in [-0.15, -0.1) is 5.10 Å². The van der Waals surface area contributed by atoms with Crippen molar-refractivity contribution in [2.45, 2.75) is 19.9 Å². The summed E-state index contributed by atoms with van der Waals surface area (Å²) in [4.78, 5) is 11.6. The lowest BCUT2D eigenvalue weighted by molar-refractivity contribution is 0.0592. The fraction of sp³-hybridized carbons (Fsp3) is 0.357. The van der Waals surface area contributed by atoms with Crippen molar-refractivity contribution in [3.05, 3.63) is 41.0 Å². The molecule has 2 rings (SSSR count). The predicted octanol–water partition coefficient (Wildman–Crippen LogP) is 1.82. The van der Waals surface area contributed by atoms with Crippen molar-refractivity contribution < 1.29 is 18.7 Å². The summed E-state index contributed by atoms with van der Waals surface area (Å²) in [6.45, 7) is 2.14. The molecule has 112 valence electrons. The first kappa shape index (κ1) is 15.0. The number of rotatable bonds is 5. The lowest BCUT2D eigenvalue weighted by Crippen LogP contribution is -2.10. The van der Waals surface area contributed by atoms with Crippen LogP contribution >= 0.6 is 0 Å². The summed E-state index contributed by atoms with van der Waals surface area (Å²) >= 11 is 0. The van der Waals surface area contributed by atoms with Gasteiger partial charge in [0, 0.05) is 5.56 Å². The van der Waals surface area contributed by atoms with Crippen molar-refractivity contribution >= 4 is 5.97 Å². The maximum Gasteiger partial charge on any atom is 0.360 e. The van der Waals surface area contributed by atoms with Gasteiger partial charge in [-0.25, -0.2) is 13.9 Å². The number of carbonyl (C=O) groups is 1. The molecule has 0 N–H and O–H groups in total. The number of aromatic nitrogens is 3. The van der Waals surface area contributed by atoms with Gasteiger partial charge in [0.05, 0.1) is 26.5 Å². The average molecular weight is 293 g/mol. The summed E-state index contributed by atoms with van der Waals surface area (Å²) in [6, 6.07) is 4.25. The highest BCUT2D eigenvalue weighted by atomic mass is 19.1. The van der Waals surface area contributed by atoms with E-state index in [1.165, 1.54) is 26.4 Å². The van der Waals surface area contributed by atoms with E-state index in [1.807, 2.05) is 6.92 Å². The number of benzene rings is 1. The van der Waals surface area contributed by atoms with Crippen LogP contribution in [0.25, 0.3) is 0 Å². The SMILES string of the molecule is CCc1c(C(=O)OC)nnn1Cc1cc(F)ccc1OC. The lowest BCUT2D eigenvalue weighted by atomic mass is 10.2. The number of esters is 1. The first-order valence-electron chi connectivity index (χ1n) is 6.43. The van der Waals surface area contributed by atoms with Gasteiger partial charge in [-0.2, -0.15) is 0 Å². The maximum atomic E-state index is 13.4. The Morgan fingerprint density at radius 2 is 2.14 bits per heavy atom. The highest BCUT2D eigenvalue weighted by Gasteiger charge is 2.19. The quantitative estimate of drug-likeness (QED) is 0.787. The Morgan fingerprint density at radius 1 is 1.38 bits per heavy atom. The van der Waals surface area contributed by atoms with Crippen LogP contribution in [0.2, 0.25) is 0 Å². The maximum absolute atomic E-state index is 13.4. The van der Waals surface area contributed by atoms with Gasteiger partial charge in [-0.1, -0.05) is 12.1 Å². The van der Waals surface area contributed by atoms with E-state index in [-0.39, 0.29) is 18.1 Å². The summed E-state index contributed by atoms with van der Waals surface area (Å²) in [5.74, 6) is -0.352. The molecule has 0 atom stereocenters. The fourth-order valence-corrected chi connectivity index (χ4v) is 2.10. The second kappa shape index (κ2) is 6.34. The lowest BCUT2D eigenvalue weighted by Gasteiger charge is -2.10. The summed E-state index contributed by atoms with van der Waals surface area (Å²) < 4.78 is 24.8. The summed E-state index contributed by atoms with van der Waals surface area (Å²) in [7, 11) is 2.80. The summed E-state index contributed by atoms with van der Waals surface area (Å²) in [6.07, 6.45) is 0.551. The third kappa shape index (κ3) is 3.01. The molecule has 0 saturated carbocycles. The van der Waals surface area contributed by atoms with E-state index < -0.39 is 5.97 Å². The van der Waals surface area contributed by atoms with Crippen molar-refractivity contribution in [3.63, 3.8) is 0 Å². The first-order valence-corrected chi connectivity index (χ1v) is 6.43. The second-order valence-electron chi connectivity index (χ2n) is 4.34. The summed E-state index contributed by atoms with van der Waals surface area (Å²) in [5.41, 5.74) is 1.43. The summed E-state index contributed by atoms with van der Waals surface area (Å²) in [5, 5.41) is 7.78. The largest absolute Gasteiger partial charge is 0.496 e. The van der Waals surface area contributed by atoms with E-state index in [9.17, 15) is 9.18 Å². The zero-order chi connectivity index (χ0) is 15.4. The number of ether oxygens (including phenoxy) is 2. The van der Waals surface area contributed by atoms with Crippen LogP contribution in [0.4, 0.5) is 4.39 Å². The van der Waals surface area contributed by atoms with Gasteiger partial charge in [-0.3, -0.25) is 0 Å². The minimum atomic E-state index is -0.538. The van der Waals surface area contributed by atoms with Crippen LogP contribution in [-0.4, -0.2) is 35.2 Å². The van der Waals surface area contributed by atoms with Crippen LogP contribution in [0.15, 0.2) is 18.2 Å². The molecule has 0 bridgehead atoms. The molecule has 0 saturated heterocycles. The Bertz CT molecular complexity index is 655. The molecule has 0 amide bonds. The van der Waals surface area contributed by atoms with E-state index in [0.717, 1.165) is 0 Å². The zero-order valence-electron chi connectivity index (χ0n) is 12.1. The molecule has 0 radical (unpaired) electrons. The van der Waals surface area contributed by atoms with Crippen molar-refractivity contribution in [1.82, 2.24) is 15.0 Å². The number of halogens is 1. The van der Waals surface area contributed by atoms with Gasteiger partial charge in [-0.05, 0) is 24.6 Å².